The summed E-state index contributed by atoms with van der Waals surface area (Å²) in [6.45, 7) is 3.99. The highest BCUT2D eigenvalue weighted by Gasteiger charge is 2.14. The van der Waals surface area contributed by atoms with Gasteiger partial charge in [0.05, 0.1) is 11.4 Å². The zero-order chi connectivity index (χ0) is 17.8. The zero-order valence-corrected chi connectivity index (χ0v) is 15.4. The number of pyridine rings is 1. The van der Waals surface area contributed by atoms with E-state index in [0.717, 1.165) is 30.2 Å². The third-order valence-corrected chi connectivity index (χ3v) is 4.70. The molecule has 2 aromatic rings. The first-order valence-corrected chi connectivity index (χ1v) is 8.95. The van der Waals surface area contributed by atoms with Gasteiger partial charge >= 0.3 is 0 Å². The van der Waals surface area contributed by atoms with Gasteiger partial charge < -0.3 is 10.2 Å². The van der Waals surface area contributed by atoms with Crippen LogP contribution in [0.25, 0.3) is 6.08 Å². The van der Waals surface area contributed by atoms with Crippen LogP contribution >= 0.6 is 23.2 Å². The van der Waals surface area contributed by atoms with Gasteiger partial charge in [-0.05, 0) is 55.7 Å². The topological polar surface area (TPSA) is 45.2 Å². The van der Waals surface area contributed by atoms with Gasteiger partial charge in [-0.3, -0.25) is 4.79 Å². The molecule has 6 heteroatoms. The molecule has 1 fully saturated rings. The van der Waals surface area contributed by atoms with Crippen molar-refractivity contribution in [1.29, 1.82) is 0 Å². The molecule has 25 heavy (non-hydrogen) atoms. The van der Waals surface area contributed by atoms with Crippen molar-refractivity contribution >= 4 is 46.7 Å². The Morgan fingerprint density at radius 1 is 1.20 bits per heavy atom. The molecule has 3 rings (SSSR count). The number of hydrogen-bond acceptors (Lipinski definition) is 3. The number of rotatable bonds is 4. The summed E-state index contributed by atoms with van der Waals surface area (Å²) in [6.07, 6.45) is 5.52. The van der Waals surface area contributed by atoms with E-state index in [9.17, 15) is 4.79 Å². The third kappa shape index (κ3) is 4.53. The fourth-order valence-corrected chi connectivity index (χ4v) is 3.25. The van der Waals surface area contributed by atoms with Crippen LogP contribution < -0.4 is 10.2 Å². The van der Waals surface area contributed by atoms with E-state index < -0.39 is 0 Å². The van der Waals surface area contributed by atoms with Gasteiger partial charge in [0.15, 0.2) is 0 Å². The van der Waals surface area contributed by atoms with E-state index in [1.54, 1.807) is 24.3 Å². The summed E-state index contributed by atoms with van der Waals surface area (Å²) in [5.74, 6) is 0.737. The Balaban J connectivity index is 1.67. The Morgan fingerprint density at radius 3 is 2.64 bits per heavy atom. The lowest BCUT2D eigenvalue weighted by atomic mass is 10.2. The van der Waals surface area contributed by atoms with Crippen LogP contribution in [0.1, 0.15) is 24.1 Å². The maximum Gasteiger partial charge on any atom is 0.248 e. The van der Waals surface area contributed by atoms with Gasteiger partial charge in [0.2, 0.25) is 5.91 Å². The van der Waals surface area contributed by atoms with Crippen LogP contribution in [0.4, 0.5) is 11.5 Å². The van der Waals surface area contributed by atoms with Gasteiger partial charge in [-0.25, -0.2) is 4.98 Å². The van der Waals surface area contributed by atoms with E-state index in [-0.39, 0.29) is 5.91 Å². The quantitative estimate of drug-likeness (QED) is 0.768. The van der Waals surface area contributed by atoms with E-state index in [0.29, 0.717) is 15.7 Å². The minimum atomic E-state index is -0.232. The van der Waals surface area contributed by atoms with Crippen molar-refractivity contribution in [2.75, 3.05) is 23.3 Å². The van der Waals surface area contributed by atoms with Crippen LogP contribution in [-0.4, -0.2) is 24.0 Å². The number of aryl methyl sites for hydroxylation is 1. The molecule has 0 spiro atoms. The SMILES string of the molecule is Cc1nc(N2CCCC2)ccc1NC(=O)/C=C/c1ccc(Cl)cc1Cl. The number of hydrogen-bond donors (Lipinski definition) is 1. The highest BCUT2D eigenvalue weighted by Crippen LogP contribution is 2.23. The van der Waals surface area contributed by atoms with Gasteiger partial charge in [0.25, 0.3) is 0 Å². The molecule has 1 N–H and O–H groups in total. The van der Waals surface area contributed by atoms with E-state index >= 15 is 0 Å². The molecule has 1 aromatic heterocycles. The number of halogens is 2. The van der Waals surface area contributed by atoms with Crippen molar-refractivity contribution in [2.24, 2.45) is 0 Å². The average Bonchev–Trinajstić information content (AvgIpc) is 3.10. The second-order valence-electron chi connectivity index (χ2n) is 5.98. The lowest BCUT2D eigenvalue weighted by Crippen LogP contribution is -2.19. The molecular formula is C19H19Cl2N3O. The summed E-state index contributed by atoms with van der Waals surface area (Å²) >= 11 is 12.0. The molecular weight excluding hydrogens is 357 g/mol. The van der Waals surface area contributed by atoms with Crippen molar-refractivity contribution < 1.29 is 4.79 Å². The Labute approximate surface area is 157 Å². The molecule has 1 aromatic carbocycles. The second-order valence-corrected chi connectivity index (χ2v) is 6.83. The van der Waals surface area contributed by atoms with E-state index in [1.807, 2.05) is 19.1 Å². The smallest absolute Gasteiger partial charge is 0.248 e. The van der Waals surface area contributed by atoms with Crippen LogP contribution in [0.5, 0.6) is 0 Å². The van der Waals surface area contributed by atoms with Gasteiger partial charge in [-0.1, -0.05) is 29.3 Å². The van der Waals surface area contributed by atoms with Crippen molar-refractivity contribution in [3.63, 3.8) is 0 Å². The highest BCUT2D eigenvalue weighted by molar-refractivity contribution is 6.35. The van der Waals surface area contributed by atoms with Gasteiger partial charge in [0, 0.05) is 29.2 Å². The van der Waals surface area contributed by atoms with Crippen LogP contribution in [0, 0.1) is 6.92 Å². The van der Waals surface area contributed by atoms with Gasteiger partial charge in [-0.2, -0.15) is 0 Å². The molecule has 4 nitrogen and oxygen atoms in total. The van der Waals surface area contributed by atoms with E-state index in [4.69, 9.17) is 23.2 Å². The van der Waals surface area contributed by atoms with Gasteiger partial charge in [-0.15, -0.1) is 0 Å². The van der Waals surface area contributed by atoms with Crippen molar-refractivity contribution in [1.82, 2.24) is 4.98 Å². The molecule has 1 aliphatic heterocycles. The summed E-state index contributed by atoms with van der Waals surface area (Å²) < 4.78 is 0. The van der Waals surface area contributed by atoms with Crippen molar-refractivity contribution in [3.8, 4) is 0 Å². The number of carbonyl (C=O) groups excluding carboxylic acids is 1. The summed E-state index contributed by atoms with van der Waals surface area (Å²) in [7, 11) is 0. The molecule has 2 heterocycles. The van der Waals surface area contributed by atoms with E-state index in [1.165, 1.54) is 18.9 Å². The molecule has 130 valence electrons. The average molecular weight is 376 g/mol. The van der Waals surface area contributed by atoms with Crippen LogP contribution in [0.3, 0.4) is 0 Å². The Hall–Kier alpha value is -2.04. The monoisotopic (exact) mass is 375 g/mol. The first-order chi connectivity index (χ1) is 12.0. The standard InChI is InChI=1S/C19H19Cl2N3O/c1-13-17(7-8-18(22-13)24-10-2-3-11-24)23-19(25)9-5-14-4-6-15(20)12-16(14)21/h4-9,12H,2-3,10-11H2,1H3,(H,23,25)/b9-5+. The van der Waals surface area contributed by atoms with Crippen LogP contribution in [-0.2, 0) is 4.79 Å². The molecule has 0 atom stereocenters. The molecule has 0 aliphatic carbocycles. The van der Waals surface area contributed by atoms with Crippen LogP contribution in [0.15, 0.2) is 36.4 Å². The summed E-state index contributed by atoms with van der Waals surface area (Å²) in [5, 5.41) is 3.92. The van der Waals surface area contributed by atoms with Crippen molar-refractivity contribution in [2.45, 2.75) is 19.8 Å². The summed E-state index contributed by atoms with van der Waals surface area (Å²) in [4.78, 5) is 19.0. The largest absolute Gasteiger partial charge is 0.357 e. The first kappa shape index (κ1) is 17.8. The molecule has 1 amide bonds. The minimum Gasteiger partial charge on any atom is -0.357 e. The minimum absolute atomic E-state index is 0.232. The Morgan fingerprint density at radius 2 is 1.96 bits per heavy atom. The number of nitrogens with one attached hydrogen (secondary N) is 1. The number of amides is 1. The predicted molar refractivity (Wildman–Crippen MR) is 105 cm³/mol. The Bertz CT molecular complexity index is 814. The number of benzene rings is 1. The predicted octanol–water partition coefficient (Wildman–Crippen LogP) is 4.95. The molecule has 0 unspecified atom stereocenters. The highest BCUT2D eigenvalue weighted by atomic mass is 35.5. The molecule has 0 radical (unpaired) electrons. The summed E-state index contributed by atoms with van der Waals surface area (Å²) in [6, 6.07) is 9.00. The normalized spacial score (nSPS) is 14.3. The maximum absolute atomic E-state index is 12.2. The Kier molecular flexibility index (Phi) is 5.61. The van der Waals surface area contributed by atoms with E-state index in [2.05, 4.69) is 15.2 Å². The number of aromatic nitrogens is 1. The maximum atomic E-state index is 12.2. The molecule has 1 aliphatic rings. The number of nitrogens with zero attached hydrogens (tertiary/aromatic N) is 2. The lowest BCUT2D eigenvalue weighted by molar-refractivity contribution is -0.111. The van der Waals surface area contributed by atoms with Gasteiger partial charge in [0.1, 0.15) is 5.82 Å². The zero-order valence-electron chi connectivity index (χ0n) is 13.9. The number of carbonyl (C=O) groups is 1. The summed E-state index contributed by atoms with van der Waals surface area (Å²) in [5.41, 5.74) is 2.25. The van der Waals surface area contributed by atoms with Crippen LogP contribution in [0.2, 0.25) is 10.0 Å². The second kappa shape index (κ2) is 7.89. The molecule has 1 saturated heterocycles. The molecule has 0 bridgehead atoms. The fraction of sp³-hybridized carbons (Fsp3) is 0.263. The lowest BCUT2D eigenvalue weighted by Gasteiger charge is -2.17. The van der Waals surface area contributed by atoms with Crippen molar-refractivity contribution in [3.05, 3.63) is 57.7 Å². The first-order valence-electron chi connectivity index (χ1n) is 8.19. The third-order valence-electron chi connectivity index (χ3n) is 4.14. The fourth-order valence-electron chi connectivity index (χ4n) is 2.78. The number of anilines is 2. The molecule has 0 saturated carbocycles.